The third-order valence-electron chi connectivity index (χ3n) is 6.22. The fourth-order valence-corrected chi connectivity index (χ4v) is 4.87. The second-order valence-electron chi connectivity index (χ2n) is 8.33. The number of aromatic hydroxyl groups is 1. The van der Waals surface area contributed by atoms with Crippen LogP contribution in [0, 0.1) is 17.2 Å². The molecule has 7 heteroatoms. The number of amides is 1. The first kappa shape index (κ1) is 18.5. The minimum absolute atomic E-state index is 0.131. The van der Waals surface area contributed by atoms with E-state index in [2.05, 4.69) is 15.6 Å². The smallest absolute Gasteiger partial charge is 0.415 e. The lowest BCUT2D eigenvalue weighted by Gasteiger charge is -2.36. The lowest BCUT2D eigenvalue weighted by atomic mass is 9.78. The molecule has 1 aliphatic heterocycles. The fraction of sp³-hybridized carbons (Fsp3) is 0.348. The summed E-state index contributed by atoms with van der Waals surface area (Å²) in [5.74, 6) is 0.477. The van der Waals surface area contributed by atoms with Crippen LogP contribution in [0.3, 0.4) is 0 Å². The molecule has 1 saturated heterocycles. The number of nitriles is 1. The van der Waals surface area contributed by atoms with Gasteiger partial charge in [-0.3, -0.25) is 4.90 Å². The number of ether oxygens (including phenoxy) is 1. The lowest BCUT2D eigenvalue weighted by molar-refractivity contribution is 0.00439. The van der Waals surface area contributed by atoms with Crippen LogP contribution in [0.1, 0.15) is 31.2 Å². The summed E-state index contributed by atoms with van der Waals surface area (Å²) in [6, 6.07) is 14.4. The highest BCUT2D eigenvalue weighted by Crippen LogP contribution is 2.42. The molecule has 2 heterocycles. The lowest BCUT2D eigenvalue weighted by Crippen LogP contribution is -2.40. The Morgan fingerprint density at radius 3 is 3.03 bits per heavy atom. The summed E-state index contributed by atoms with van der Waals surface area (Å²) in [5, 5.41) is 19.0. The highest BCUT2D eigenvalue weighted by molar-refractivity contribution is 5.90. The van der Waals surface area contributed by atoms with Crippen molar-refractivity contribution < 1.29 is 14.6 Å². The van der Waals surface area contributed by atoms with Crippen molar-refractivity contribution in [2.24, 2.45) is 5.92 Å². The Kier molecular flexibility index (Phi) is 4.35. The number of aromatic nitrogens is 2. The van der Waals surface area contributed by atoms with Gasteiger partial charge in [0.2, 0.25) is 0 Å². The van der Waals surface area contributed by atoms with E-state index in [0.717, 1.165) is 43.3 Å². The standard InChI is InChI=1S/C23H22N4O3/c24-12-16-6-7-20-21(9-16)26(15-25-20)13-17-3-2-8-23(11-17)14-27(22(29)30-23)18-4-1-5-19(28)10-18/h1,4-7,9-10,15,17,28H,2-3,8,11,13-14H2/t17?,23-/m0/s1. The van der Waals surface area contributed by atoms with Crippen LogP contribution in [0.15, 0.2) is 48.8 Å². The maximum atomic E-state index is 12.6. The highest BCUT2D eigenvalue weighted by Gasteiger charge is 2.48. The Balaban J connectivity index is 1.35. The summed E-state index contributed by atoms with van der Waals surface area (Å²) in [4.78, 5) is 18.7. The van der Waals surface area contributed by atoms with Crippen molar-refractivity contribution in [1.29, 1.82) is 5.26 Å². The average Bonchev–Trinajstić information content (AvgIpc) is 3.28. The molecule has 3 aromatic rings. The molecular weight excluding hydrogens is 380 g/mol. The number of hydrogen-bond acceptors (Lipinski definition) is 5. The molecule has 152 valence electrons. The van der Waals surface area contributed by atoms with Gasteiger partial charge in [0.05, 0.1) is 41.2 Å². The third kappa shape index (κ3) is 3.24. The van der Waals surface area contributed by atoms with Crippen LogP contribution in [0.25, 0.3) is 11.0 Å². The molecule has 1 aliphatic carbocycles. The number of anilines is 1. The zero-order valence-corrected chi connectivity index (χ0v) is 16.5. The first-order valence-corrected chi connectivity index (χ1v) is 10.2. The molecule has 1 amide bonds. The van der Waals surface area contributed by atoms with Gasteiger partial charge in [-0.2, -0.15) is 5.26 Å². The summed E-state index contributed by atoms with van der Waals surface area (Å²) < 4.78 is 8.01. The summed E-state index contributed by atoms with van der Waals surface area (Å²) >= 11 is 0. The zero-order valence-electron chi connectivity index (χ0n) is 16.5. The molecule has 5 rings (SSSR count). The minimum Gasteiger partial charge on any atom is -0.508 e. The number of fused-ring (bicyclic) bond motifs is 1. The predicted molar refractivity (Wildman–Crippen MR) is 111 cm³/mol. The molecule has 2 aliphatic rings. The maximum absolute atomic E-state index is 12.6. The quantitative estimate of drug-likeness (QED) is 0.709. The van der Waals surface area contributed by atoms with E-state index in [4.69, 9.17) is 4.74 Å². The summed E-state index contributed by atoms with van der Waals surface area (Å²) in [7, 11) is 0. The molecule has 30 heavy (non-hydrogen) atoms. The van der Waals surface area contributed by atoms with Gasteiger partial charge in [0.25, 0.3) is 0 Å². The molecule has 1 saturated carbocycles. The second-order valence-corrected chi connectivity index (χ2v) is 8.33. The van der Waals surface area contributed by atoms with Gasteiger partial charge in [-0.15, -0.1) is 0 Å². The molecule has 1 N–H and O–H groups in total. The van der Waals surface area contributed by atoms with Gasteiger partial charge < -0.3 is 14.4 Å². The Hall–Kier alpha value is -3.53. The van der Waals surface area contributed by atoms with E-state index in [9.17, 15) is 15.2 Å². The number of imidazole rings is 1. The Labute approximate surface area is 174 Å². The van der Waals surface area contributed by atoms with Crippen LogP contribution < -0.4 is 4.90 Å². The number of rotatable bonds is 3. The Morgan fingerprint density at radius 1 is 1.30 bits per heavy atom. The van der Waals surface area contributed by atoms with Crippen molar-refractivity contribution in [2.45, 2.75) is 37.8 Å². The zero-order chi connectivity index (χ0) is 20.7. The van der Waals surface area contributed by atoms with Crippen LogP contribution in [-0.2, 0) is 11.3 Å². The van der Waals surface area contributed by atoms with Gasteiger partial charge in [0.1, 0.15) is 11.4 Å². The van der Waals surface area contributed by atoms with E-state index in [1.807, 2.05) is 24.5 Å². The van der Waals surface area contributed by atoms with E-state index in [1.54, 1.807) is 29.2 Å². The van der Waals surface area contributed by atoms with Crippen molar-refractivity contribution in [3.63, 3.8) is 0 Å². The molecule has 1 spiro atoms. The van der Waals surface area contributed by atoms with E-state index >= 15 is 0 Å². The van der Waals surface area contributed by atoms with Gasteiger partial charge in [-0.1, -0.05) is 6.07 Å². The van der Waals surface area contributed by atoms with E-state index in [0.29, 0.717) is 23.7 Å². The predicted octanol–water partition coefficient (Wildman–Crippen LogP) is 4.20. The minimum atomic E-state index is -0.500. The first-order chi connectivity index (χ1) is 14.5. The average molecular weight is 402 g/mol. The number of nitrogens with zero attached hydrogens (tertiary/aromatic N) is 4. The number of carbonyl (C=O) groups excluding carboxylic acids is 1. The summed E-state index contributed by atoms with van der Waals surface area (Å²) in [6.45, 7) is 1.27. The molecular formula is C23H22N4O3. The van der Waals surface area contributed by atoms with Crippen molar-refractivity contribution in [1.82, 2.24) is 9.55 Å². The van der Waals surface area contributed by atoms with Crippen LogP contribution in [0.2, 0.25) is 0 Å². The van der Waals surface area contributed by atoms with Gasteiger partial charge in [-0.25, -0.2) is 9.78 Å². The summed E-state index contributed by atoms with van der Waals surface area (Å²) in [6.07, 6.45) is 5.14. The second kappa shape index (κ2) is 7.06. The highest BCUT2D eigenvalue weighted by atomic mass is 16.6. The van der Waals surface area contributed by atoms with E-state index < -0.39 is 5.60 Å². The molecule has 1 unspecified atom stereocenters. The van der Waals surface area contributed by atoms with Gasteiger partial charge in [-0.05, 0) is 61.9 Å². The van der Waals surface area contributed by atoms with Crippen molar-refractivity contribution in [2.75, 3.05) is 11.4 Å². The van der Waals surface area contributed by atoms with E-state index in [1.165, 1.54) is 0 Å². The van der Waals surface area contributed by atoms with Gasteiger partial charge in [0.15, 0.2) is 0 Å². The Bertz CT molecular complexity index is 1160. The molecule has 7 nitrogen and oxygen atoms in total. The van der Waals surface area contributed by atoms with Gasteiger partial charge >= 0.3 is 6.09 Å². The molecule has 0 radical (unpaired) electrons. The number of benzene rings is 2. The van der Waals surface area contributed by atoms with Crippen LogP contribution >= 0.6 is 0 Å². The normalized spacial score (nSPS) is 23.6. The summed E-state index contributed by atoms with van der Waals surface area (Å²) in [5.41, 5.74) is 2.61. The topological polar surface area (TPSA) is 91.4 Å². The third-order valence-corrected chi connectivity index (χ3v) is 6.22. The molecule has 2 atom stereocenters. The van der Waals surface area contributed by atoms with Crippen molar-refractivity contribution in [3.8, 4) is 11.8 Å². The number of carbonyl (C=O) groups is 1. The molecule has 1 aromatic heterocycles. The molecule has 0 bridgehead atoms. The fourth-order valence-electron chi connectivity index (χ4n) is 4.87. The van der Waals surface area contributed by atoms with Crippen LogP contribution in [0.4, 0.5) is 10.5 Å². The van der Waals surface area contributed by atoms with Crippen LogP contribution in [0.5, 0.6) is 5.75 Å². The largest absolute Gasteiger partial charge is 0.508 e. The number of hydrogen-bond donors (Lipinski definition) is 1. The maximum Gasteiger partial charge on any atom is 0.415 e. The SMILES string of the molecule is N#Cc1ccc2ncn(CC3CCC[C@]4(C3)CN(c3cccc(O)c3)C(=O)O4)c2c1. The first-order valence-electron chi connectivity index (χ1n) is 10.2. The van der Waals surface area contributed by atoms with Crippen LogP contribution in [-0.4, -0.2) is 32.9 Å². The number of phenols is 1. The van der Waals surface area contributed by atoms with Gasteiger partial charge in [0, 0.05) is 12.6 Å². The number of phenolic OH excluding ortho intramolecular Hbond substituents is 1. The van der Waals surface area contributed by atoms with E-state index in [-0.39, 0.29) is 11.8 Å². The Morgan fingerprint density at radius 2 is 2.20 bits per heavy atom. The van der Waals surface area contributed by atoms with Crippen molar-refractivity contribution >= 4 is 22.8 Å². The molecule has 2 fully saturated rings. The monoisotopic (exact) mass is 402 g/mol. The molecule has 2 aromatic carbocycles. The van der Waals surface area contributed by atoms with Crippen molar-refractivity contribution in [3.05, 3.63) is 54.4 Å².